The lowest BCUT2D eigenvalue weighted by Gasteiger charge is -2.07. The van der Waals surface area contributed by atoms with Gasteiger partial charge in [-0.3, -0.25) is 14.7 Å². The number of carbonyl (C=O) groups excluding carboxylic acids is 2. The van der Waals surface area contributed by atoms with Crippen molar-refractivity contribution in [2.24, 2.45) is 5.92 Å². The van der Waals surface area contributed by atoms with Gasteiger partial charge in [0.15, 0.2) is 5.82 Å². The van der Waals surface area contributed by atoms with Crippen LogP contribution in [0.1, 0.15) is 41.0 Å². The number of aromatic amines is 1. The maximum Gasteiger partial charge on any atom is 0.256 e. The van der Waals surface area contributed by atoms with E-state index in [2.05, 4.69) is 34.7 Å². The topological polar surface area (TPSA) is 86.9 Å². The first-order chi connectivity index (χ1) is 12.9. The molecule has 6 nitrogen and oxygen atoms in total. The highest BCUT2D eigenvalue weighted by molar-refractivity contribution is 6.09. The Morgan fingerprint density at radius 2 is 1.78 bits per heavy atom. The van der Waals surface area contributed by atoms with Crippen LogP contribution < -0.4 is 10.6 Å². The second kappa shape index (κ2) is 7.99. The van der Waals surface area contributed by atoms with E-state index in [0.29, 0.717) is 40.3 Å². The van der Waals surface area contributed by atoms with Crippen molar-refractivity contribution < 1.29 is 14.0 Å². The quantitative estimate of drug-likeness (QED) is 0.620. The number of aromatic nitrogens is 2. The van der Waals surface area contributed by atoms with E-state index in [0.717, 1.165) is 6.42 Å². The number of carbonyl (C=O) groups is 2. The van der Waals surface area contributed by atoms with E-state index in [4.69, 9.17) is 0 Å². The normalized spacial score (nSPS) is 11.0. The average molecular weight is 368 g/mol. The number of nitrogens with zero attached hydrogens (tertiary/aromatic N) is 1. The van der Waals surface area contributed by atoms with E-state index in [9.17, 15) is 14.0 Å². The first kappa shape index (κ1) is 18.6. The van der Waals surface area contributed by atoms with E-state index in [-0.39, 0.29) is 5.91 Å². The fourth-order valence-electron chi connectivity index (χ4n) is 2.61. The zero-order chi connectivity index (χ0) is 19.4. The Morgan fingerprint density at radius 3 is 2.48 bits per heavy atom. The Labute approximate surface area is 156 Å². The first-order valence-corrected chi connectivity index (χ1v) is 8.77. The number of hydrogen-bond donors (Lipinski definition) is 3. The van der Waals surface area contributed by atoms with Crippen LogP contribution in [0, 0.1) is 11.7 Å². The Balaban J connectivity index is 1.77. The molecule has 0 atom stereocenters. The van der Waals surface area contributed by atoms with Crippen LogP contribution >= 0.6 is 0 Å². The van der Waals surface area contributed by atoms with E-state index in [1.54, 1.807) is 18.2 Å². The first-order valence-electron chi connectivity index (χ1n) is 8.77. The largest absolute Gasteiger partial charge is 0.352 e. The third-order valence-corrected chi connectivity index (χ3v) is 4.17. The molecule has 0 unspecified atom stereocenters. The van der Waals surface area contributed by atoms with E-state index < -0.39 is 11.7 Å². The Morgan fingerprint density at radius 1 is 1.07 bits per heavy atom. The lowest BCUT2D eigenvalue weighted by Crippen LogP contribution is -2.25. The predicted molar refractivity (Wildman–Crippen MR) is 102 cm³/mol. The Hall–Kier alpha value is -3.22. The number of amides is 2. The maximum absolute atomic E-state index is 13.0. The molecule has 0 fully saturated rings. The van der Waals surface area contributed by atoms with Gasteiger partial charge in [0.1, 0.15) is 5.82 Å². The summed E-state index contributed by atoms with van der Waals surface area (Å²) in [5.41, 5.74) is 1.50. The van der Waals surface area contributed by atoms with Crippen LogP contribution in [0.4, 0.5) is 10.2 Å². The molecule has 2 amide bonds. The summed E-state index contributed by atoms with van der Waals surface area (Å²) < 4.78 is 13.0. The van der Waals surface area contributed by atoms with Crippen molar-refractivity contribution >= 4 is 28.5 Å². The molecule has 3 aromatic rings. The van der Waals surface area contributed by atoms with E-state index in [1.165, 1.54) is 24.3 Å². The van der Waals surface area contributed by atoms with Gasteiger partial charge >= 0.3 is 0 Å². The molecule has 27 heavy (non-hydrogen) atoms. The maximum atomic E-state index is 13.0. The molecular weight excluding hydrogens is 347 g/mol. The number of H-pyrrole nitrogens is 1. The molecule has 0 aliphatic heterocycles. The van der Waals surface area contributed by atoms with Crippen molar-refractivity contribution in [2.75, 3.05) is 11.9 Å². The summed E-state index contributed by atoms with van der Waals surface area (Å²) in [5.74, 6) is -0.166. The van der Waals surface area contributed by atoms with Gasteiger partial charge in [0.2, 0.25) is 0 Å². The van der Waals surface area contributed by atoms with Gasteiger partial charge in [0, 0.05) is 23.1 Å². The summed E-state index contributed by atoms with van der Waals surface area (Å²) in [7, 11) is 0. The highest BCUT2D eigenvalue weighted by atomic mass is 19.1. The molecule has 3 rings (SSSR count). The second-order valence-corrected chi connectivity index (χ2v) is 6.73. The molecular formula is C20H21FN4O2. The van der Waals surface area contributed by atoms with Crippen LogP contribution in [0.3, 0.4) is 0 Å². The Kier molecular flexibility index (Phi) is 5.49. The van der Waals surface area contributed by atoms with Crippen molar-refractivity contribution in [2.45, 2.75) is 20.3 Å². The van der Waals surface area contributed by atoms with Crippen molar-refractivity contribution in [3.63, 3.8) is 0 Å². The molecule has 0 saturated carbocycles. The monoisotopic (exact) mass is 368 g/mol. The van der Waals surface area contributed by atoms with E-state index in [1.807, 2.05) is 0 Å². The average Bonchev–Trinajstić information content (AvgIpc) is 3.04. The molecule has 0 saturated heterocycles. The zero-order valence-corrected chi connectivity index (χ0v) is 15.2. The number of halogens is 1. The summed E-state index contributed by atoms with van der Waals surface area (Å²) in [4.78, 5) is 24.6. The van der Waals surface area contributed by atoms with Crippen LogP contribution in [0.15, 0.2) is 42.5 Å². The molecule has 1 heterocycles. The van der Waals surface area contributed by atoms with E-state index >= 15 is 0 Å². The van der Waals surface area contributed by atoms with Gasteiger partial charge in [-0.1, -0.05) is 13.8 Å². The van der Waals surface area contributed by atoms with Gasteiger partial charge in [-0.25, -0.2) is 4.39 Å². The second-order valence-electron chi connectivity index (χ2n) is 6.73. The van der Waals surface area contributed by atoms with Crippen LogP contribution in [0.25, 0.3) is 10.9 Å². The van der Waals surface area contributed by atoms with Gasteiger partial charge in [-0.2, -0.15) is 5.10 Å². The van der Waals surface area contributed by atoms with Crippen molar-refractivity contribution in [3.8, 4) is 0 Å². The van der Waals surface area contributed by atoms with Crippen LogP contribution in [0.5, 0.6) is 0 Å². The number of fused-ring (bicyclic) bond motifs is 1. The number of nitrogens with one attached hydrogen (secondary N) is 3. The van der Waals surface area contributed by atoms with Gasteiger partial charge in [-0.15, -0.1) is 0 Å². The molecule has 3 N–H and O–H groups in total. The summed E-state index contributed by atoms with van der Waals surface area (Å²) in [6.45, 7) is 4.80. The summed E-state index contributed by atoms with van der Waals surface area (Å²) in [6.07, 6.45) is 0.901. The molecule has 0 spiro atoms. The molecule has 7 heteroatoms. The predicted octanol–water partition coefficient (Wildman–Crippen LogP) is 3.73. The third kappa shape index (κ3) is 4.49. The number of benzene rings is 2. The molecule has 2 aromatic carbocycles. The number of hydrogen-bond acceptors (Lipinski definition) is 3. The smallest absolute Gasteiger partial charge is 0.256 e. The molecule has 0 aliphatic rings. The van der Waals surface area contributed by atoms with Crippen LogP contribution in [-0.2, 0) is 0 Å². The molecule has 1 aromatic heterocycles. The summed E-state index contributed by atoms with van der Waals surface area (Å²) in [6, 6.07) is 10.4. The lowest BCUT2D eigenvalue weighted by atomic mass is 10.1. The van der Waals surface area contributed by atoms with Gasteiger partial charge in [0.25, 0.3) is 11.8 Å². The van der Waals surface area contributed by atoms with Crippen LogP contribution in [-0.4, -0.2) is 28.6 Å². The minimum Gasteiger partial charge on any atom is -0.352 e. The summed E-state index contributed by atoms with van der Waals surface area (Å²) >= 11 is 0. The van der Waals surface area contributed by atoms with Crippen LogP contribution in [0.2, 0.25) is 0 Å². The highest BCUT2D eigenvalue weighted by Gasteiger charge is 2.14. The lowest BCUT2D eigenvalue weighted by molar-refractivity contribution is 0.0951. The minimum atomic E-state index is -0.412. The zero-order valence-electron chi connectivity index (χ0n) is 15.2. The minimum absolute atomic E-state index is 0.172. The summed E-state index contributed by atoms with van der Waals surface area (Å²) in [5, 5.41) is 13.1. The Bertz CT molecular complexity index is 964. The fraction of sp³-hybridized carbons (Fsp3) is 0.250. The number of rotatable bonds is 6. The molecule has 0 bridgehead atoms. The van der Waals surface area contributed by atoms with Gasteiger partial charge in [0.05, 0.1) is 5.52 Å². The molecule has 0 radical (unpaired) electrons. The number of anilines is 1. The van der Waals surface area contributed by atoms with Crippen molar-refractivity contribution in [1.29, 1.82) is 0 Å². The molecule has 0 aliphatic carbocycles. The van der Waals surface area contributed by atoms with Gasteiger partial charge < -0.3 is 10.6 Å². The van der Waals surface area contributed by atoms with Gasteiger partial charge in [-0.05, 0) is 54.8 Å². The standard InChI is InChI=1S/C20H21FN4O2/c1-12(2)9-10-22-19(26)14-5-8-17-16(11-14)18(25-24-17)23-20(27)13-3-6-15(21)7-4-13/h3-8,11-12H,9-10H2,1-2H3,(H,22,26)(H2,23,24,25,27). The third-order valence-electron chi connectivity index (χ3n) is 4.17. The van der Waals surface area contributed by atoms with Crippen molar-refractivity contribution in [3.05, 3.63) is 59.4 Å². The molecule has 140 valence electrons. The highest BCUT2D eigenvalue weighted by Crippen LogP contribution is 2.22. The SMILES string of the molecule is CC(C)CCNC(=O)c1ccc2[nH]nc(NC(=O)c3ccc(F)cc3)c2c1. The fourth-order valence-corrected chi connectivity index (χ4v) is 2.61. The van der Waals surface area contributed by atoms with Crippen molar-refractivity contribution in [1.82, 2.24) is 15.5 Å².